The number of alkyl halides is 1. The van der Waals surface area contributed by atoms with Gasteiger partial charge in [0.05, 0.1) is 10.4 Å². The third-order valence-electron chi connectivity index (χ3n) is 3.65. The SMILES string of the molecule is Cc1csc(CC2CCc3ccccc3C2Cl)n1. The third kappa shape index (κ3) is 2.32. The van der Waals surface area contributed by atoms with Crippen molar-refractivity contribution in [3.63, 3.8) is 0 Å². The number of aryl methyl sites for hydroxylation is 2. The Kier molecular flexibility index (Phi) is 3.40. The molecule has 1 aliphatic rings. The van der Waals surface area contributed by atoms with E-state index in [9.17, 15) is 0 Å². The van der Waals surface area contributed by atoms with Crippen molar-refractivity contribution in [3.05, 3.63) is 51.5 Å². The molecule has 1 aromatic carbocycles. The first-order valence-electron chi connectivity index (χ1n) is 6.37. The quantitative estimate of drug-likeness (QED) is 0.735. The van der Waals surface area contributed by atoms with E-state index < -0.39 is 0 Å². The zero-order valence-electron chi connectivity index (χ0n) is 10.4. The lowest BCUT2D eigenvalue weighted by Crippen LogP contribution is -2.19. The summed E-state index contributed by atoms with van der Waals surface area (Å²) in [5.41, 5.74) is 3.87. The van der Waals surface area contributed by atoms with E-state index in [2.05, 4.69) is 34.6 Å². The number of nitrogens with zero attached hydrogens (tertiary/aromatic N) is 1. The molecular formula is C15H16ClNS. The molecule has 0 N–H and O–H groups in total. The molecule has 0 saturated carbocycles. The molecule has 3 heteroatoms. The Morgan fingerprint density at radius 3 is 3.00 bits per heavy atom. The van der Waals surface area contributed by atoms with E-state index in [-0.39, 0.29) is 5.38 Å². The molecule has 1 aromatic heterocycles. The van der Waals surface area contributed by atoms with E-state index >= 15 is 0 Å². The Bertz CT molecular complexity index is 549. The van der Waals surface area contributed by atoms with Crippen LogP contribution in [0.5, 0.6) is 0 Å². The van der Waals surface area contributed by atoms with Gasteiger partial charge in [0, 0.05) is 17.5 Å². The molecule has 0 saturated heterocycles. The normalized spacial score (nSPS) is 22.8. The van der Waals surface area contributed by atoms with Crippen LogP contribution in [-0.4, -0.2) is 4.98 Å². The molecule has 1 aliphatic carbocycles. The van der Waals surface area contributed by atoms with Crippen LogP contribution in [-0.2, 0) is 12.8 Å². The summed E-state index contributed by atoms with van der Waals surface area (Å²) >= 11 is 8.40. The smallest absolute Gasteiger partial charge is 0.0931 e. The fourth-order valence-electron chi connectivity index (χ4n) is 2.70. The zero-order chi connectivity index (χ0) is 12.5. The van der Waals surface area contributed by atoms with Crippen LogP contribution in [0, 0.1) is 12.8 Å². The van der Waals surface area contributed by atoms with Gasteiger partial charge < -0.3 is 0 Å². The monoisotopic (exact) mass is 277 g/mol. The Hall–Kier alpha value is -0.860. The second-order valence-electron chi connectivity index (χ2n) is 4.99. The predicted molar refractivity (Wildman–Crippen MR) is 77.4 cm³/mol. The number of hydrogen-bond acceptors (Lipinski definition) is 2. The molecule has 0 spiro atoms. The summed E-state index contributed by atoms with van der Waals surface area (Å²) in [4.78, 5) is 4.56. The summed E-state index contributed by atoms with van der Waals surface area (Å²) in [6.07, 6.45) is 3.33. The minimum Gasteiger partial charge on any atom is -0.247 e. The lowest BCUT2D eigenvalue weighted by atomic mass is 9.82. The Labute approximate surface area is 117 Å². The first kappa shape index (κ1) is 12.2. The van der Waals surface area contributed by atoms with Gasteiger partial charge in [0.1, 0.15) is 0 Å². The van der Waals surface area contributed by atoms with Gasteiger partial charge in [-0.1, -0.05) is 24.3 Å². The third-order valence-corrected chi connectivity index (χ3v) is 5.23. The molecule has 0 bridgehead atoms. The van der Waals surface area contributed by atoms with E-state index in [0.29, 0.717) is 5.92 Å². The largest absolute Gasteiger partial charge is 0.247 e. The van der Waals surface area contributed by atoms with Gasteiger partial charge in [0.15, 0.2) is 0 Å². The maximum atomic E-state index is 6.65. The summed E-state index contributed by atoms with van der Waals surface area (Å²) in [6, 6.07) is 8.57. The lowest BCUT2D eigenvalue weighted by molar-refractivity contribution is 0.441. The topological polar surface area (TPSA) is 12.9 Å². The highest BCUT2D eigenvalue weighted by Crippen LogP contribution is 2.40. The van der Waals surface area contributed by atoms with Gasteiger partial charge in [-0.3, -0.25) is 0 Å². The number of hydrogen-bond donors (Lipinski definition) is 0. The number of aromatic nitrogens is 1. The number of thiazole rings is 1. The van der Waals surface area contributed by atoms with Crippen molar-refractivity contribution in [2.75, 3.05) is 0 Å². The summed E-state index contributed by atoms with van der Waals surface area (Å²) in [5, 5.41) is 3.48. The lowest BCUT2D eigenvalue weighted by Gasteiger charge is -2.29. The van der Waals surface area contributed by atoms with Crippen LogP contribution >= 0.6 is 22.9 Å². The van der Waals surface area contributed by atoms with E-state index in [0.717, 1.165) is 18.5 Å². The standard InChI is InChI=1S/C15H16ClNS/c1-10-9-18-14(17-10)8-12-7-6-11-4-2-3-5-13(11)15(12)16/h2-5,9,12,15H,6-8H2,1H3. The van der Waals surface area contributed by atoms with E-state index in [1.165, 1.54) is 22.6 Å². The molecule has 2 atom stereocenters. The molecule has 2 aromatic rings. The molecular weight excluding hydrogens is 262 g/mol. The maximum Gasteiger partial charge on any atom is 0.0931 e. The second-order valence-corrected chi connectivity index (χ2v) is 6.40. The molecule has 2 unspecified atom stereocenters. The molecule has 18 heavy (non-hydrogen) atoms. The highest BCUT2D eigenvalue weighted by molar-refractivity contribution is 7.09. The Morgan fingerprint density at radius 1 is 1.39 bits per heavy atom. The molecule has 0 amide bonds. The van der Waals surface area contributed by atoms with Crippen molar-refractivity contribution >= 4 is 22.9 Å². The minimum atomic E-state index is 0.138. The van der Waals surface area contributed by atoms with Crippen LogP contribution < -0.4 is 0 Å². The van der Waals surface area contributed by atoms with Crippen molar-refractivity contribution in [2.45, 2.75) is 31.6 Å². The number of benzene rings is 1. The summed E-state index contributed by atoms with van der Waals surface area (Å²) in [5.74, 6) is 0.520. The van der Waals surface area contributed by atoms with Crippen molar-refractivity contribution in [1.29, 1.82) is 0 Å². The van der Waals surface area contributed by atoms with Crippen LogP contribution in [0.1, 0.15) is 33.6 Å². The van der Waals surface area contributed by atoms with Crippen molar-refractivity contribution in [2.24, 2.45) is 5.92 Å². The number of fused-ring (bicyclic) bond motifs is 1. The Balaban J connectivity index is 1.80. The molecule has 3 rings (SSSR count). The molecule has 0 fully saturated rings. The van der Waals surface area contributed by atoms with Gasteiger partial charge >= 0.3 is 0 Å². The number of halogens is 1. The zero-order valence-corrected chi connectivity index (χ0v) is 12.0. The molecule has 1 nitrogen and oxygen atoms in total. The van der Waals surface area contributed by atoms with E-state index in [4.69, 9.17) is 11.6 Å². The Morgan fingerprint density at radius 2 is 2.22 bits per heavy atom. The highest BCUT2D eigenvalue weighted by atomic mass is 35.5. The second kappa shape index (κ2) is 5.02. The number of rotatable bonds is 2. The van der Waals surface area contributed by atoms with Crippen LogP contribution in [0.15, 0.2) is 29.6 Å². The van der Waals surface area contributed by atoms with Gasteiger partial charge in [-0.2, -0.15) is 0 Å². The highest BCUT2D eigenvalue weighted by Gasteiger charge is 2.28. The fraction of sp³-hybridized carbons (Fsp3) is 0.400. The van der Waals surface area contributed by atoms with Crippen LogP contribution in [0.3, 0.4) is 0 Å². The van der Waals surface area contributed by atoms with Crippen LogP contribution in [0.25, 0.3) is 0 Å². The summed E-state index contributed by atoms with van der Waals surface area (Å²) in [6.45, 7) is 2.05. The average molecular weight is 278 g/mol. The van der Waals surface area contributed by atoms with Crippen molar-refractivity contribution in [3.8, 4) is 0 Å². The summed E-state index contributed by atoms with van der Waals surface area (Å²) in [7, 11) is 0. The first-order valence-corrected chi connectivity index (χ1v) is 7.68. The van der Waals surface area contributed by atoms with E-state index in [1.54, 1.807) is 11.3 Å². The van der Waals surface area contributed by atoms with Gasteiger partial charge in [0.25, 0.3) is 0 Å². The fourth-order valence-corrected chi connectivity index (χ4v) is 3.99. The van der Waals surface area contributed by atoms with Crippen molar-refractivity contribution in [1.82, 2.24) is 4.98 Å². The molecule has 0 radical (unpaired) electrons. The molecule has 0 aliphatic heterocycles. The summed E-state index contributed by atoms with van der Waals surface area (Å²) < 4.78 is 0. The first-order chi connectivity index (χ1) is 8.74. The maximum absolute atomic E-state index is 6.65. The minimum absolute atomic E-state index is 0.138. The van der Waals surface area contributed by atoms with Crippen molar-refractivity contribution < 1.29 is 0 Å². The average Bonchev–Trinajstić information content (AvgIpc) is 2.79. The van der Waals surface area contributed by atoms with E-state index in [1.807, 2.05) is 6.92 Å². The van der Waals surface area contributed by atoms with Gasteiger partial charge in [0.2, 0.25) is 0 Å². The van der Waals surface area contributed by atoms with Crippen LogP contribution in [0.2, 0.25) is 0 Å². The molecule has 94 valence electrons. The van der Waals surface area contributed by atoms with Gasteiger partial charge in [-0.25, -0.2) is 4.98 Å². The van der Waals surface area contributed by atoms with Gasteiger partial charge in [-0.15, -0.1) is 22.9 Å². The van der Waals surface area contributed by atoms with Crippen LogP contribution in [0.4, 0.5) is 0 Å². The molecule has 1 heterocycles. The predicted octanol–water partition coefficient (Wildman–Crippen LogP) is 4.54. The van der Waals surface area contributed by atoms with Gasteiger partial charge in [-0.05, 0) is 36.8 Å².